The minimum atomic E-state index is 0.499. The van der Waals surface area contributed by atoms with E-state index in [1.807, 2.05) is 0 Å². The third-order valence-corrected chi connectivity index (χ3v) is 3.09. The minimum absolute atomic E-state index is 0.499. The van der Waals surface area contributed by atoms with Crippen molar-refractivity contribution in [1.29, 1.82) is 0 Å². The Morgan fingerprint density at radius 1 is 1.21 bits per heavy atom. The number of hydrogen-bond donors (Lipinski definition) is 1. The summed E-state index contributed by atoms with van der Waals surface area (Å²) in [5, 5.41) is 0. The van der Waals surface area contributed by atoms with E-state index in [0.29, 0.717) is 12.2 Å². The van der Waals surface area contributed by atoms with Gasteiger partial charge in [-0.2, -0.15) is 12.6 Å². The minimum Gasteiger partial charge on any atom is -0.379 e. The maximum Gasteiger partial charge on any atom is 0.0707 e. The lowest BCUT2D eigenvalue weighted by atomic mass is 10.2. The van der Waals surface area contributed by atoms with Crippen LogP contribution < -0.4 is 0 Å². The summed E-state index contributed by atoms with van der Waals surface area (Å²) in [7, 11) is 0. The van der Waals surface area contributed by atoms with Gasteiger partial charge in [0.05, 0.1) is 25.4 Å². The highest BCUT2D eigenvalue weighted by Crippen LogP contribution is 2.25. The second kappa shape index (κ2) is 5.35. The van der Waals surface area contributed by atoms with E-state index >= 15 is 0 Å². The molecule has 0 saturated carbocycles. The number of ether oxygens (including phenoxy) is 2. The van der Waals surface area contributed by atoms with Gasteiger partial charge in [0.25, 0.3) is 0 Å². The molecule has 2 rings (SSSR count). The number of nitrogens with zero attached hydrogens (tertiary/aromatic N) is 1. The van der Waals surface area contributed by atoms with Crippen LogP contribution in [0, 0.1) is 0 Å². The van der Waals surface area contributed by atoms with Gasteiger partial charge in [-0.1, -0.05) is 0 Å². The quantitative estimate of drug-likeness (QED) is 0.544. The molecule has 0 radical (unpaired) electrons. The van der Waals surface area contributed by atoms with Crippen LogP contribution in [0.25, 0.3) is 0 Å². The molecule has 0 aromatic heterocycles. The summed E-state index contributed by atoms with van der Waals surface area (Å²) in [5.74, 6) is 0.814. The van der Waals surface area contributed by atoms with E-state index in [0.717, 1.165) is 38.6 Å². The zero-order chi connectivity index (χ0) is 9.80. The van der Waals surface area contributed by atoms with Crippen LogP contribution >= 0.6 is 12.6 Å². The van der Waals surface area contributed by atoms with Crippen molar-refractivity contribution >= 4 is 12.6 Å². The maximum atomic E-state index is 5.76. The average Bonchev–Trinajstić information content (AvgIpc) is 2.53. The van der Waals surface area contributed by atoms with E-state index in [2.05, 4.69) is 17.5 Å². The van der Waals surface area contributed by atoms with E-state index in [4.69, 9.17) is 9.47 Å². The predicted octanol–water partition coefficient (Wildman–Crippen LogP) is 0.796. The van der Waals surface area contributed by atoms with E-state index in [1.165, 1.54) is 12.8 Å². The topological polar surface area (TPSA) is 21.7 Å². The zero-order valence-corrected chi connectivity index (χ0v) is 9.42. The Bertz CT molecular complexity index is 168. The molecular weight excluding hydrogens is 198 g/mol. The Labute approximate surface area is 91.2 Å². The van der Waals surface area contributed by atoms with Crippen molar-refractivity contribution in [1.82, 2.24) is 4.90 Å². The number of fused-ring (bicyclic) bond motifs is 2. The Hall–Kier alpha value is 0.230. The molecule has 2 unspecified atom stereocenters. The summed E-state index contributed by atoms with van der Waals surface area (Å²) in [6.45, 7) is 4.84. The lowest BCUT2D eigenvalue weighted by Crippen LogP contribution is -2.43. The second-order valence-electron chi connectivity index (χ2n) is 4.05. The molecule has 2 heterocycles. The molecule has 2 aliphatic heterocycles. The summed E-state index contributed by atoms with van der Waals surface area (Å²) in [6, 6.07) is 0. The van der Waals surface area contributed by atoms with Crippen LogP contribution in [-0.4, -0.2) is 55.7 Å². The van der Waals surface area contributed by atoms with E-state index in [1.54, 1.807) is 0 Å². The first kappa shape index (κ1) is 10.7. The first-order valence-electron chi connectivity index (χ1n) is 5.45. The molecule has 2 fully saturated rings. The number of morpholine rings is 1. The number of rotatable bonds is 5. The first-order chi connectivity index (χ1) is 6.88. The van der Waals surface area contributed by atoms with Gasteiger partial charge in [-0.3, -0.25) is 4.90 Å². The van der Waals surface area contributed by atoms with Crippen molar-refractivity contribution in [2.24, 2.45) is 0 Å². The van der Waals surface area contributed by atoms with E-state index < -0.39 is 0 Å². The summed E-state index contributed by atoms with van der Waals surface area (Å²) in [4.78, 5) is 2.46. The number of hydrogen-bond acceptors (Lipinski definition) is 4. The largest absolute Gasteiger partial charge is 0.379 e. The molecule has 0 amide bonds. The van der Waals surface area contributed by atoms with Gasteiger partial charge in [0.2, 0.25) is 0 Å². The highest BCUT2D eigenvalue weighted by molar-refractivity contribution is 7.80. The molecule has 14 heavy (non-hydrogen) atoms. The summed E-state index contributed by atoms with van der Waals surface area (Å²) in [6.07, 6.45) is 3.49. The monoisotopic (exact) mass is 217 g/mol. The Morgan fingerprint density at radius 3 is 2.57 bits per heavy atom. The summed E-state index contributed by atoms with van der Waals surface area (Å²) >= 11 is 4.10. The highest BCUT2D eigenvalue weighted by atomic mass is 32.1. The summed E-state index contributed by atoms with van der Waals surface area (Å²) in [5.41, 5.74) is 0. The molecule has 2 saturated heterocycles. The molecule has 0 aromatic rings. The van der Waals surface area contributed by atoms with Crippen molar-refractivity contribution in [3.63, 3.8) is 0 Å². The van der Waals surface area contributed by atoms with Gasteiger partial charge in [0.15, 0.2) is 0 Å². The molecule has 0 aromatic carbocycles. The number of likely N-dealkylation sites (tertiary alicyclic amines) is 1. The lowest BCUT2D eigenvalue weighted by Gasteiger charge is -2.31. The molecular formula is C10H19NO2S. The predicted molar refractivity (Wildman–Crippen MR) is 59.0 cm³/mol. The molecule has 0 spiro atoms. The van der Waals surface area contributed by atoms with Gasteiger partial charge in [-0.25, -0.2) is 0 Å². The van der Waals surface area contributed by atoms with Gasteiger partial charge in [-0.15, -0.1) is 0 Å². The van der Waals surface area contributed by atoms with Crippen molar-refractivity contribution < 1.29 is 9.47 Å². The van der Waals surface area contributed by atoms with Gasteiger partial charge >= 0.3 is 0 Å². The molecule has 2 bridgehead atoms. The average molecular weight is 217 g/mol. The van der Waals surface area contributed by atoms with Crippen molar-refractivity contribution in [3.05, 3.63) is 0 Å². The molecule has 82 valence electrons. The number of thiol groups is 1. The van der Waals surface area contributed by atoms with Gasteiger partial charge in [0, 0.05) is 25.4 Å². The fraction of sp³-hybridized carbons (Fsp3) is 1.00. The van der Waals surface area contributed by atoms with Crippen LogP contribution in [0.4, 0.5) is 0 Å². The highest BCUT2D eigenvalue weighted by Gasteiger charge is 2.33. The van der Waals surface area contributed by atoms with Crippen LogP contribution in [0.2, 0.25) is 0 Å². The van der Waals surface area contributed by atoms with Crippen molar-refractivity contribution in [2.75, 3.05) is 38.6 Å². The lowest BCUT2D eigenvalue weighted by molar-refractivity contribution is -0.0447. The van der Waals surface area contributed by atoms with Gasteiger partial charge in [-0.05, 0) is 12.8 Å². The van der Waals surface area contributed by atoms with Crippen molar-refractivity contribution in [3.8, 4) is 0 Å². The van der Waals surface area contributed by atoms with Crippen LogP contribution in [0.5, 0.6) is 0 Å². The molecule has 2 aliphatic rings. The third-order valence-electron chi connectivity index (χ3n) is 2.91. The molecule has 0 N–H and O–H groups in total. The van der Waals surface area contributed by atoms with Crippen LogP contribution in [0.3, 0.4) is 0 Å². The fourth-order valence-corrected chi connectivity index (χ4v) is 2.37. The molecule has 2 atom stereocenters. The SMILES string of the molecule is SCCOCCN1CC2CCC(C1)O2. The zero-order valence-electron chi connectivity index (χ0n) is 8.52. The summed E-state index contributed by atoms with van der Waals surface area (Å²) < 4.78 is 11.2. The smallest absolute Gasteiger partial charge is 0.0707 e. The Morgan fingerprint density at radius 2 is 1.93 bits per heavy atom. The van der Waals surface area contributed by atoms with E-state index in [-0.39, 0.29) is 0 Å². The maximum absolute atomic E-state index is 5.76. The molecule has 3 nitrogen and oxygen atoms in total. The normalized spacial score (nSPS) is 32.4. The fourth-order valence-electron chi connectivity index (χ4n) is 2.24. The first-order valence-corrected chi connectivity index (χ1v) is 6.08. The van der Waals surface area contributed by atoms with Crippen LogP contribution in [-0.2, 0) is 9.47 Å². The van der Waals surface area contributed by atoms with Crippen LogP contribution in [0.15, 0.2) is 0 Å². The standard InChI is InChI=1S/C10H19NO2S/c14-6-5-12-4-3-11-7-9-1-2-10(8-11)13-9/h9-10,14H,1-8H2. The third kappa shape index (κ3) is 2.86. The molecule has 4 heteroatoms. The Kier molecular flexibility index (Phi) is 4.10. The second-order valence-corrected chi connectivity index (χ2v) is 4.50. The van der Waals surface area contributed by atoms with Gasteiger partial charge < -0.3 is 9.47 Å². The van der Waals surface area contributed by atoms with Crippen molar-refractivity contribution in [2.45, 2.75) is 25.0 Å². The van der Waals surface area contributed by atoms with E-state index in [9.17, 15) is 0 Å². The Balaban J connectivity index is 1.62. The van der Waals surface area contributed by atoms with Crippen LogP contribution in [0.1, 0.15) is 12.8 Å². The van der Waals surface area contributed by atoms with Gasteiger partial charge in [0.1, 0.15) is 0 Å². The molecule has 0 aliphatic carbocycles.